The summed E-state index contributed by atoms with van der Waals surface area (Å²) in [6.45, 7) is 0.366. The van der Waals surface area contributed by atoms with Crippen LogP contribution >= 0.6 is 0 Å². The number of aromatic nitrogens is 4. The lowest BCUT2D eigenvalue weighted by Gasteiger charge is -2.16. The molecule has 8 nitrogen and oxygen atoms in total. The van der Waals surface area contributed by atoms with Crippen LogP contribution in [0.3, 0.4) is 0 Å². The SMILES string of the molecule is COc1cc(-c2ccc(OCc3ccccc3)c(O)c2)c(OC)cc1-c1ccc(-c2nnn[nH]2)cc1. The summed E-state index contributed by atoms with van der Waals surface area (Å²) < 4.78 is 17.3. The van der Waals surface area contributed by atoms with Gasteiger partial charge in [0.25, 0.3) is 0 Å². The van der Waals surface area contributed by atoms with E-state index in [1.807, 2.05) is 72.8 Å². The molecule has 0 aliphatic rings. The van der Waals surface area contributed by atoms with Gasteiger partial charge in [0.2, 0.25) is 0 Å². The average molecular weight is 481 g/mol. The lowest BCUT2D eigenvalue weighted by Crippen LogP contribution is -1.96. The quantitative estimate of drug-likeness (QED) is 0.302. The van der Waals surface area contributed by atoms with Crippen LogP contribution in [0, 0.1) is 0 Å². The van der Waals surface area contributed by atoms with Gasteiger partial charge in [-0.25, -0.2) is 5.10 Å². The van der Waals surface area contributed by atoms with Gasteiger partial charge in [-0.1, -0.05) is 60.7 Å². The van der Waals surface area contributed by atoms with Crippen LogP contribution in [0.4, 0.5) is 0 Å². The number of phenols is 1. The molecule has 180 valence electrons. The first-order valence-electron chi connectivity index (χ1n) is 11.3. The van der Waals surface area contributed by atoms with Crippen molar-refractivity contribution in [2.75, 3.05) is 14.2 Å². The molecule has 5 rings (SSSR count). The van der Waals surface area contributed by atoms with Crippen molar-refractivity contribution in [3.05, 3.63) is 90.5 Å². The number of nitrogens with zero attached hydrogens (tertiary/aromatic N) is 3. The van der Waals surface area contributed by atoms with Crippen LogP contribution in [0.1, 0.15) is 5.56 Å². The molecule has 1 heterocycles. The highest BCUT2D eigenvalue weighted by Gasteiger charge is 2.16. The Hall–Kier alpha value is -4.85. The smallest absolute Gasteiger partial charge is 0.179 e. The minimum atomic E-state index is 0.0472. The van der Waals surface area contributed by atoms with Gasteiger partial charge in [-0.15, -0.1) is 5.10 Å². The molecule has 0 aliphatic heterocycles. The fraction of sp³-hybridized carbons (Fsp3) is 0.107. The van der Waals surface area contributed by atoms with E-state index in [0.717, 1.165) is 33.4 Å². The Kier molecular flexibility index (Phi) is 6.48. The molecule has 0 fully saturated rings. The predicted octanol–water partition coefficient (Wildman–Crippen LogP) is 5.50. The molecule has 0 unspecified atom stereocenters. The summed E-state index contributed by atoms with van der Waals surface area (Å²) in [4.78, 5) is 0. The van der Waals surface area contributed by atoms with Crippen molar-refractivity contribution in [2.45, 2.75) is 6.61 Å². The first kappa shape index (κ1) is 22.9. The Bertz CT molecular complexity index is 1450. The lowest BCUT2D eigenvalue weighted by molar-refractivity contribution is 0.289. The second kappa shape index (κ2) is 10.2. The highest BCUT2D eigenvalue weighted by molar-refractivity contribution is 5.82. The molecular weight excluding hydrogens is 456 g/mol. The van der Waals surface area contributed by atoms with Crippen LogP contribution in [0.15, 0.2) is 84.9 Å². The van der Waals surface area contributed by atoms with E-state index in [1.54, 1.807) is 26.4 Å². The Morgan fingerprint density at radius 1 is 0.722 bits per heavy atom. The van der Waals surface area contributed by atoms with Crippen molar-refractivity contribution in [3.8, 4) is 56.6 Å². The molecule has 0 atom stereocenters. The molecule has 0 amide bonds. The fourth-order valence-electron chi connectivity index (χ4n) is 3.98. The van der Waals surface area contributed by atoms with E-state index < -0.39 is 0 Å². The average Bonchev–Trinajstić information content (AvgIpc) is 3.47. The zero-order valence-corrected chi connectivity index (χ0v) is 19.8. The maximum atomic E-state index is 10.6. The summed E-state index contributed by atoms with van der Waals surface area (Å²) in [6, 6.07) is 26.8. The van der Waals surface area contributed by atoms with Gasteiger partial charge in [0.15, 0.2) is 17.3 Å². The first-order chi connectivity index (χ1) is 17.7. The van der Waals surface area contributed by atoms with E-state index in [0.29, 0.717) is 29.7 Å². The van der Waals surface area contributed by atoms with Gasteiger partial charge in [0.1, 0.15) is 18.1 Å². The van der Waals surface area contributed by atoms with Crippen LogP contribution in [0.5, 0.6) is 23.0 Å². The van der Waals surface area contributed by atoms with Gasteiger partial charge < -0.3 is 19.3 Å². The molecule has 0 spiro atoms. The molecule has 0 radical (unpaired) electrons. The van der Waals surface area contributed by atoms with Crippen LogP contribution in [-0.2, 0) is 6.61 Å². The number of aromatic amines is 1. The zero-order chi connectivity index (χ0) is 24.9. The van der Waals surface area contributed by atoms with Crippen molar-refractivity contribution in [2.24, 2.45) is 0 Å². The highest BCUT2D eigenvalue weighted by atomic mass is 16.5. The van der Waals surface area contributed by atoms with E-state index in [4.69, 9.17) is 14.2 Å². The summed E-state index contributed by atoms with van der Waals surface area (Å²) in [5, 5.41) is 24.6. The first-order valence-corrected chi connectivity index (χ1v) is 11.3. The number of benzene rings is 4. The monoisotopic (exact) mass is 480 g/mol. The maximum Gasteiger partial charge on any atom is 0.179 e. The van der Waals surface area contributed by atoms with E-state index >= 15 is 0 Å². The van der Waals surface area contributed by atoms with Gasteiger partial charge in [-0.2, -0.15) is 0 Å². The third-order valence-electron chi connectivity index (χ3n) is 5.84. The molecule has 4 aromatic carbocycles. The molecule has 1 aromatic heterocycles. The standard InChI is InChI=1S/C28H24N4O4/c1-34-26-16-23(21-12-13-25(24(33)14-21)36-17-18-6-4-3-5-7-18)27(35-2)15-22(26)19-8-10-20(11-9-19)28-29-31-32-30-28/h3-16,33H,17H2,1-2H3,(H,29,30,31,32). The summed E-state index contributed by atoms with van der Waals surface area (Å²) in [5.41, 5.74) is 5.26. The largest absolute Gasteiger partial charge is 0.504 e. The number of hydrogen-bond acceptors (Lipinski definition) is 7. The molecule has 0 saturated heterocycles. The number of aromatic hydroxyl groups is 1. The second-order valence-corrected chi connectivity index (χ2v) is 8.04. The van der Waals surface area contributed by atoms with Crippen LogP contribution in [-0.4, -0.2) is 40.0 Å². The Labute approximate surface area is 208 Å². The number of methoxy groups -OCH3 is 2. The Balaban J connectivity index is 1.44. The van der Waals surface area contributed by atoms with Crippen LogP contribution < -0.4 is 14.2 Å². The van der Waals surface area contributed by atoms with Gasteiger partial charge in [-0.3, -0.25) is 0 Å². The predicted molar refractivity (Wildman–Crippen MR) is 136 cm³/mol. The van der Waals surface area contributed by atoms with Crippen molar-refractivity contribution in [1.29, 1.82) is 0 Å². The molecule has 36 heavy (non-hydrogen) atoms. The third kappa shape index (κ3) is 4.69. The third-order valence-corrected chi connectivity index (χ3v) is 5.84. The summed E-state index contributed by atoms with van der Waals surface area (Å²) in [5.74, 6) is 2.37. The minimum absolute atomic E-state index is 0.0472. The van der Waals surface area contributed by atoms with E-state index in [2.05, 4.69) is 20.6 Å². The fourth-order valence-corrected chi connectivity index (χ4v) is 3.98. The van der Waals surface area contributed by atoms with Crippen molar-refractivity contribution >= 4 is 0 Å². The van der Waals surface area contributed by atoms with Gasteiger partial charge >= 0.3 is 0 Å². The highest BCUT2D eigenvalue weighted by Crippen LogP contribution is 2.43. The number of phenolic OH excluding ortho intramolecular Hbond substituents is 1. The lowest BCUT2D eigenvalue weighted by atomic mass is 9.97. The number of nitrogens with one attached hydrogen (secondary N) is 1. The molecule has 0 saturated carbocycles. The minimum Gasteiger partial charge on any atom is -0.504 e. The molecule has 0 aliphatic carbocycles. The molecule has 8 heteroatoms. The van der Waals surface area contributed by atoms with Crippen LogP contribution in [0.2, 0.25) is 0 Å². The van der Waals surface area contributed by atoms with Gasteiger partial charge in [-0.05, 0) is 51.4 Å². The van der Waals surface area contributed by atoms with Gasteiger partial charge in [0.05, 0.1) is 14.2 Å². The summed E-state index contributed by atoms with van der Waals surface area (Å²) >= 11 is 0. The maximum absolute atomic E-state index is 10.6. The summed E-state index contributed by atoms with van der Waals surface area (Å²) in [7, 11) is 3.24. The van der Waals surface area contributed by atoms with Crippen molar-refractivity contribution in [1.82, 2.24) is 20.6 Å². The molecule has 5 aromatic rings. The van der Waals surface area contributed by atoms with Gasteiger partial charge in [0, 0.05) is 16.7 Å². The molecule has 0 bridgehead atoms. The number of tetrazole rings is 1. The van der Waals surface area contributed by atoms with Crippen molar-refractivity contribution in [3.63, 3.8) is 0 Å². The Morgan fingerprint density at radius 3 is 1.97 bits per heavy atom. The number of hydrogen-bond donors (Lipinski definition) is 2. The number of rotatable bonds is 8. The molecular formula is C28H24N4O4. The van der Waals surface area contributed by atoms with E-state index in [1.165, 1.54) is 0 Å². The Morgan fingerprint density at radius 2 is 1.36 bits per heavy atom. The van der Waals surface area contributed by atoms with E-state index in [-0.39, 0.29) is 5.75 Å². The molecule has 2 N–H and O–H groups in total. The van der Waals surface area contributed by atoms with Crippen LogP contribution in [0.25, 0.3) is 33.6 Å². The second-order valence-electron chi connectivity index (χ2n) is 8.04. The number of ether oxygens (including phenoxy) is 3. The number of H-pyrrole nitrogens is 1. The summed E-state index contributed by atoms with van der Waals surface area (Å²) in [6.07, 6.45) is 0. The van der Waals surface area contributed by atoms with Crippen molar-refractivity contribution < 1.29 is 19.3 Å². The van der Waals surface area contributed by atoms with E-state index in [9.17, 15) is 5.11 Å². The topological polar surface area (TPSA) is 102 Å². The normalized spacial score (nSPS) is 10.7. The zero-order valence-electron chi connectivity index (χ0n) is 19.8.